The first-order chi connectivity index (χ1) is 8.56. The molecule has 0 saturated heterocycles. The first-order valence-corrected chi connectivity index (χ1v) is 6.02. The van der Waals surface area contributed by atoms with Crippen molar-refractivity contribution in [2.75, 3.05) is 7.11 Å². The Morgan fingerprint density at radius 3 is 2.67 bits per heavy atom. The molecular weight excluding hydrogens is 250 g/mol. The number of nitrogens with zero attached hydrogens (tertiary/aromatic N) is 2. The Balaban J connectivity index is 2.61. The number of benzene rings is 1. The van der Waals surface area contributed by atoms with Gasteiger partial charge in [0.2, 0.25) is 0 Å². The summed E-state index contributed by atoms with van der Waals surface area (Å²) in [5, 5.41) is 5.04. The topological polar surface area (TPSA) is 53.1 Å². The van der Waals surface area contributed by atoms with Crippen LogP contribution in [0.15, 0.2) is 18.2 Å². The molecular formula is C13H16ClN3O. The first-order valence-electron chi connectivity index (χ1n) is 5.64. The van der Waals surface area contributed by atoms with Gasteiger partial charge in [-0.25, -0.2) is 0 Å². The van der Waals surface area contributed by atoms with Crippen LogP contribution in [0.1, 0.15) is 11.3 Å². The second-order valence-corrected chi connectivity index (χ2v) is 4.56. The molecule has 0 bridgehead atoms. The summed E-state index contributed by atoms with van der Waals surface area (Å²) in [6.45, 7) is 2.36. The highest BCUT2D eigenvalue weighted by molar-refractivity contribution is 6.31. The molecule has 0 aliphatic heterocycles. The van der Waals surface area contributed by atoms with Gasteiger partial charge in [0.05, 0.1) is 18.5 Å². The highest BCUT2D eigenvalue weighted by atomic mass is 35.5. The summed E-state index contributed by atoms with van der Waals surface area (Å²) >= 11 is 6.18. The Morgan fingerprint density at radius 1 is 1.39 bits per heavy atom. The summed E-state index contributed by atoms with van der Waals surface area (Å²) in [5.74, 6) is 0.781. The maximum Gasteiger partial charge on any atom is 0.128 e. The van der Waals surface area contributed by atoms with Crippen LogP contribution < -0.4 is 10.5 Å². The third-order valence-electron chi connectivity index (χ3n) is 2.90. The van der Waals surface area contributed by atoms with Gasteiger partial charge in [0.15, 0.2) is 0 Å². The minimum Gasteiger partial charge on any atom is -0.496 e. The molecule has 2 N–H and O–H groups in total. The van der Waals surface area contributed by atoms with E-state index in [-0.39, 0.29) is 0 Å². The van der Waals surface area contributed by atoms with Gasteiger partial charge in [-0.05, 0) is 30.7 Å². The number of hydrogen-bond acceptors (Lipinski definition) is 3. The molecule has 2 aromatic rings. The smallest absolute Gasteiger partial charge is 0.128 e. The quantitative estimate of drug-likeness (QED) is 0.928. The van der Waals surface area contributed by atoms with E-state index in [1.54, 1.807) is 11.8 Å². The van der Waals surface area contributed by atoms with Crippen molar-refractivity contribution in [2.24, 2.45) is 12.8 Å². The Kier molecular flexibility index (Phi) is 3.59. The van der Waals surface area contributed by atoms with Gasteiger partial charge in [0.25, 0.3) is 0 Å². The minimum absolute atomic E-state index is 0.412. The van der Waals surface area contributed by atoms with E-state index in [4.69, 9.17) is 22.1 Å². The van der Waals surface area contributed by atoms with E-state index in [0.29, 0.717) is 11.6 Å². The van der Waals surface area contributed by atoms with Crippen LogP contribution in [0.2, 0.25) is 5.02 Å². The highest BCUT2D eigenvalue weighted by Gasteiger charge is 2.13. The Hall–Kier alpha value is -1.52. The fraction of sp³-hybridized carbons (Fsp3) is 0.308. The molecule has 1 heterocycles. The number of hydrogen-bond donors (Lipinski definition) is 1. The van der Waals surface area contributed by atoms with Crippen LogP contribution in [0.5, 0.6) is 5.75 Å². The van der Waals surface area contributed by atoms with Crippen molar-refractivity contribution in [3.63, 3.8) is 0 Å². The number of aromatic nitrogens is 2. The molecule has 0 spiro atoms. The van der Waals surface area contributed by atoms with Gasteiger partial charge in [-0.1, -0.05) is 11.6 Å². The van der Waals surface area contributed by atoms with Gasteiger partial charge in [-0.2, -0.15) is 5.10 Å². The summed E-state index contributed by atoms with van der Waals surface area (Å²) in [6, 6.07) is 5.77. The van der Waals surface area contributed by atoms with Gasteiger partial charge >= 0.3 is 0 Å². The average molecular weight is 266 g/mol. The SMILES string of the molecule is COc1cc(C)c(Cl)cc1-c1cc(CN)nn1C. The lowest BCUT2D eigenvalue weighted by Crippen LogP contribution is -1.99. The standard InChI is InChI=1S/C13H16ClN3O/c1-8-4-13(18-3)10(6-11(8)14)12-5-9(7-15)16-17(12)2/h4-6H,7,15H2,1-3H3. The summed E-state index contributed by atoms with van der Waals surface area (Å²) in [7, 11) is 3.52. The van der Waals surface area contributed by atoms with Crippen LogP contribution in [-0.4, -0.2) is 16.9 Å². The van der Waals surface area contributed by atoms with Gasteiger partial charge in [-0.15, -0.1) is 0 Å². The summed E-state index contributed by atoms with van der Waals surface area (Å²) in [5.41, 5.74) is 9.28. The van der Waals surface area contributed by atoms with Crippen LogP contribution >= 0.6 is 11.6 Å². The number of ether oxygens (including phenoxy) is 1. The molecule has 5 heteroatoms. The van der Waals surface area contributed by atoms with Crippen LogP contribution in [0, 0.1) is 6.92 Å². The van der Waals surface area contributed by atoms with E-state index in [2.05, 4.69) is 5.10 Å². The lowest BCUT2D eigenvalue weighted by Gasteiger charge is -2.11. The molecule has 1 aromatic carbocycles. The largest absolute Gasteiger partial charge is 0.496 e. The second-order valence-electron chi connectivity index (χ2n) is 4.15. The number of rotatable bonds is 3. The van der Waals surface area contributed by atoms with E-state index < -0.39 is 0 Å². The van der Waals surface area contributed by atoms with Crippen molar-refractivity contribution < 1.29 is 4.74 Å². The van der Waals surface area contributed by atoms with Gasteiger partial charge in [0, 0.05) is 24.2 Å². The number of halogens is 1. The zero-order chi connectivity index (χ0) is 13.3. The molecule has 0 aliphatic carbocycles. The molecule has 96 valence electrons. The number of aryl methyl sites for hydroxylation is 2. The van der Waals surface area contributed by atoms with E-state index in [1.807, 2.05) is 32.2 Å². The summed E-state index contributed by atoms with van der Waals surface area (Å²) in [4.78, 5) is 0. The van der Waals surface area contributed by atoms with E-state index in [0.717, 1.165) is 28.3 Å². The maximum absolute atomic E-state index is 6.18. The van der Waals surface area contributed by atoms with E-state index >= 15 is 0 Å². The third kappa shape index (κ3) is 2.21. The van der Waals surface area contributed by atoms with Crippen LogP contribution in [0.25, 0.3) is 11.3 Å². The highest BCUT2D eigenvalue weighted by Crippen LogP contribution is 2.34. The van der Waals surface area contributed by atoms with Crippen LogP contribution in [0.3, 0.4) is 0 Å². The van der Waals surface area contributed by atoms with Crippen molar-refractivity contribution in [1.29, 1.82) is 0 Å². The fourth-order valence-corrected chi connectivity index (χ4v) is 2.07. The van der Waals surface area contributed by atoms with Crippen molar-refractivity contribution in [1.82, 2.24) is 9.78 Å². The first kappa shape index (κ1) is 12.9. The molecule has 2 rings (SSSR count). The number of nitrogens with two attached hydrogens (primary N) is 1. The predicted molar refractivity (Wildman–Crippen MR) is 72.8 cm³/mol. The molecule has 4 nitrogen and oxygen atoms in total. The van der Waals surface area contributed by atoms with Crippen LogP contribution in [-0.2, 0) is 13.6 Å². The molecule has 0 amide bonds. The molecule has 0 saturated carbocycles. The van der Waals surface area contributed by atoms with Crippen LogP contribution in [0.4, 0.5) is 0 Å². The number of methoxy groups -OCH3 is 1. The van der Waals surface area contributed by atoms with Gasteiger partial charge in [-0.3, -0.25) is 4.68 Å². The summed E-state index contributed by atoms with van der Waals surface area (Å²) < 4.78 is 7.19. The molecule has 0 fully saturated rings. The van der Waals surface area contributed by atoms with Crippen molar-refractivity contribution in [3.8, 4) is 17.0 Å². The Morgan fingerprint density at radius 2 is 2.11 bits per heavy atom. The molecule has 0 unspecified atom stereocenters. The molecule has 1 aromatic heterocycles. The monoisotopic (exact) mass is 265 g/mol. The molecule has 0 atom stereocenters. The average Bonchev–Trinajstić information content (AvgIpc) is 2.73. The Bertz CT molecular complexity index is 578. The van der Waals surface area contributed by atoms with Crippen molar-refractivity contribution in [2.45, 2.75) is 13.5 Å². The molecule has 0 radical (unpaired) electrons. The summed E-state index contributed by atoms with van der Waals surface area (Å²) in [6.07, 6.45) is 0. The van der Waals surface area contributed by atoms with Gasteiger partial charge in [0.1, 0.15) is 5.75 Å². The lowest BCUT2D eigenvalue weighted by molar-refractivity contribution is 0.415. The zero-order valence-electron chi connectivity index (χ0n) is 10.7. The normalized spacial score (nSPS) is 10.7. The van der Waals surface area contributed by atoms with Crippen molar-refractivity contribution >= 4 is 11.6 Å². The Labute approximate surface area is 111 Å². The molecule has 0 aliphatic rings. The predicted octanol–water partition coefficient (Wildman–Crippen LogP) is 2.52. The minimum atomic E-state index is 0.412. The molecule has 18 heavy (non-hydrogen) atoms. The van der Waals surface area contributed by atoms with Gasteiger partial charge < -0.3 is 10.5 Å². The lowest BCUT2D eigenvalue weighted by atomic mass is 10.1. The van der Waals surface area contributed by atoms with E-state index in [9.17, 15) is 0 Å². The maximum atomic E-state index is 6.18. The zero-order valence-corrected chi connectivity index (χ0v) is 11.5. The van der Waals surface area contributed by atoms with Crippen molar-refractivity contribution in [3.05, 3.63) is 34.5 Å². The van der Waals surface area contributed by atoms with E-state index in [1.165, 1.54) is 0 Å². The fourth-order valence-electron chi connectivity index (χ4n) is 1.90. The third-order valence-corrected chi connectivity index (χ3v) is 3.30. The second kappa shape index (κ2) is 5.00.